The molecule has 6 heteroatoms. The van der Waals surface area contributed by atoms with Crippen molar-refractivity contribution in [2.24, 2.45) is 5.92 Å². The molecule has 1 heterocycles. The minimum absolute atomic E-state index is 0.0883. The molecule has 0 saturated heterocycles. The highest BCUT2D eigenvalue weighted by Gasteiger charge is 2.35. The topological polar surface area (TPSA) is 55.1 Å². The average Bonchev–Trinajstić information content (AvgIpc) is 2.75. The van der Waals surface area contributed by atoms with E-state index in [4.69, 9.17) is 5.11 Å². The van der Waals surface area contributed by atoms with Crippen molar-refractivity contribution < 1.29 is 9.90 Å². The van der Waals surface area contributed by atoms with Crippen LogP contribution in [0, 0.1) is 13.3 Å². The van der Waals surface area contributed by atoms with Gasteiger partial charge in [0.2, 0.25) is 0 Å². The van der Waals surface area contributed by atoms with Crippen molar-refractivity contribution in [3.63, 3.8) is 0 Å². The molecular formula is C9H10I2N2O2. The third-order valence-electron chi connectivity index (χ3n) is 2.85. The number of hydrogen-bond acceptors (Lipinski definition) is 2. The second kappa shape index (κ2) is 4.56. The van der Waals surface area contributed by atoms with Gasteiger partial charge in [-0.2, -0.15) is 0 Å². The number of aliphatic carboxylic acids is 1. The molecule has 1 saturated carbocycles. The lowest BCUT2D eigenvalue weighted by molar-refractivity contribution is -0.142. The van der Waals surface area contributed by atoms with Crippen LogP contribution in [0.3, 0.4) is 0 Å². The van der Waals surface area contributed by atoms with Crippen molar-refractivity contribution in [1.82, 2.24) is 9.55 Å². The third-order valence-corrected chi connectivity index (χ3v) is 5.74. The van der Waals surface area contributed by atoms with Crippen LogP contribution in [0.5, 0.6) is 0 Å². The Labute approximate surface area is 115 Å². The molecule has 1 fully saturated rings. The van der Waals surface area contributed by atoms with Crippen molar-refractivity contribution in [2.45, 2.75) is 25.3 Å². The van der Waals surface area contributed by atoms with Crippen LogP contribution in [0.1, 0.15) is 25.3 Å². The molecule has 1 aliphatic carbocycles. The van der Waals surface area contributed by atoms with Gasteiger partial charge in [-0.05, 0) is 58.0 Å². The third kappa shape index (κ3) is 2.15. The molecule has 0 bridgehead atoms. The van der Waals surface area contributed by atoms with E-state index in [0.717, 1.165) is 26.7 Å². The zero-order valence-corrected chi connectivity index (χ0v) is 12.2. The Bertz CT molecular complexity index is 391. The molecular weight excluding hydrogens is 422 g/mol. The van der Waals surface area contributed by atoms with E-state index in [-0.39, 0.29) is 12.0 Å². The monoisotopic (exact) mass is 432 g/mol. The van der Waals surface area contributed by atoms with Crippen LogP contribution in [0.4, 0.5) is 0 Å². The van der Waals surface area contributed by atoms with Gasteiger partial charge >= 0.3 is 5.97 Å². The van der Waals surface area contributed by atoms with Crippen LogP contribution in [0.2, 0.25) is 0 Å². The first-order chi connectivity index (χ1) is 7.11. The SMILES string of the molecule is O=C(O)C1CCCC1n1cnc(I)c1I. The number of aromatic nitrogens is 2. The molecule has 2 unspecified atom stereocenters. The summed E-state index contributed by atoms with van der Waals surface area (Å²) in [7, 11) is 0. The molecule has 0 spiro atoms. The lowest BCUT2D eigenvalue weighted by Crippen LogP contribution is -2.22. The van der Waals surface area contributed by atoms with Crippen molar-refractivity contribution in [1.29, 1.82) is 0 Å². The predicted octanol–water partition coefficient (Wildman–Crippen LogP) is 2.52. The molecule has 1 aromatic rings. The molecule has 0 aromatic carbocycles. The number of carboxylic acids is 1. The molecule has 0 aliphatic heterocycles. The number of imidazole rings is 1. The minimum atomic E-state index is -0.683. The summed E-state index contributed by atoms with van der Waals surface area (Å²) in [6.45, 7) is 0. The summed E-state index contributed by atoms with van der Waals surface area (Å²) in [5.41, 5.74) is 0. The number of rotatable bonds is 2. The standard InChI is InChI=1S/C9H10I2N2O2/c10-7-8(11)13(4-12-7)6-3-1-2-5(6)9(14)15/h4-6H,1-3H2,(H,14,15). The van der Waals surface area contributed by atoms with Crippen LogP contribution in [0.25, 0.3) is 0 Å². The summed E-state index contributed by atoms with van der Waals surface area (Å²) in [5, 5.41) is 9.10. The summed E-state index contributed by atoms with van der Waals surface area (Å²) in [6.07, 6.45) is 4.48. The first-order valence-corrected chi connectivity index (χ1v) is 6.87. The number of carbonyl (C=O) groups is 1. The summed E-state index contributed by atoms with van der Waals surface area (Å²) >= 11 is 4.39. The lowest BCUT2D eigenvalue weighted by atomic mass is 10.0. The van der Waals surface area contributed by atoms with Crippen LogP contribution >= 0.6 is 45.2 Å². The molecule has 1 N–H and O–H groups in total. The summed E-state index contributed by atoms with van der Waals surface area (Å²) < 4.78 is 4.00. The Morgan fingerprint density at radius 1 is 1.53 bits per heavy atom. The Balaban J connectivity index is 2.30. The highest BCUT2D eigenvalue weighted by atomic mass is 127. The van der Waals surface area contributed by atoms with Gasteiger partial charge in [0, 0.05) is 6.04 Å². The van der Waals surface area contributed by atoms with Crippen molar-refractivity contribution in [3.8, 4) is 0 Å². The zero-order chi connectivity index (χ0) is 11.0. The Hall–Kier alpha value is 0.140. The van der Waals surface area contributed by atoms with Gasteiger partial charge < -0.3 is 9.67 Å². The van der Waals surface area contributed by atoms with E-state index < -0.39 is 5.97 Å². The van der Waals surface area contributed by atoms with Crippen molar-refractivity contribution in [3.05, 3.63) is 13.7 Å². The van der Waals surface area contributed by atoms with E-state index in [1.165, 1.54) is 0 Å². The molecule has 0 radical (unpaired) electrons. The summed E-state index contributed by atoms with van der Waals surface area (Å²) in [4.78, 5) is 15.3. The van der Waals surface area contributed by atoms with E-state index in [9.17, 15) is 4.79 Å². The predicted molar refractivity (Wildman–Crippen MR) is 71.7 cm³/mol. The first kappa shape index (κ1) is 11.6. The van der Waals surface area contributed by atoms with Crippen LogP contribution < -0.4 is 0 Å². The largest absolute Gasteiger partial charge is 0.481 e. The molecule has 1 aromatic heterocycles. The number of halogens is 2. The van der Waals surface area contributed by atoms with Gasteiger partial charge in [-0.15, -0.1) is 0 Å². The van der Waals surface area contributed by atoms with Crippen LogP contribution in [0.15, 0.2) is 6.33 Å². The van der Waals surface area contributed by atoms with Crippen molar-refractivity contribution in [2.75, 3.05) is 0 Å². The maximum atomic E-state index is 11.1. The summed E-state index contributed by atoms with van der Waals surface area (Å²) in [5.74, 6) is -0.930. The highest BCUT2D eigenvalue weighted by molar-refractivity contribution is 14.1. The van der Waals surface area contributed by atoms with Crippen LogP contribution in [-0.2, 0) is 4.79 Å². The smallest absolute Gasteiger partial charge is 0.308 e. The van der Waals surface area contributed by atoms with Gasteiger partial charge in [-0.3, -0.25) is 4.79 Å². The molecule has 82 valence electrons. The minimum Gasteiger partial charge on any atom is -0.481 e. The molecule has 2 rings (SSSR count). The molecule has 0 amide bonds. The molecule has 15 heavy (non-hydrogen) atoms. The van der Waals surface area contributed by atoms with E-state index in [0.29, 0.717) is 0 Å². The van der Waals surface area contributed by atoms with Crippen LogP contribution in [-0.4, -0.2) is 20.6 Å². The Kier molecular flexibility index (Phi) is 3.53. The van der Waals surface area contributed by atoms with E-state index in [1.807, 2.05) is 4.57 Å². The fourth-order valence-corrected chi connectivity index (χ4v) is 3.14. The highest BCUT2D eigenvalue weighted by Crippen LogP contribution is 2.37. The number of hydrogen-bond donors (Lipinski definition) is 1. The maximum Gasteiger partial charge on any atom is 0.308 e. The zero-order valence-electron chi connectivity index (χ0n) is 7.86. The molecule has 1 aliphatic rings. The fourth-order valence-electron chi connectivity index (χ4n) is 2.12. The van der Waals surface area contributed by atoms with Crippen molar-refractivity contribution >= 4 is 51.2 Å². The van der Waals surface area contributed by atoms with Gasteiger partial charge in [-0.1, -0.05) is 6.42 Å². The van der Waals surface area contributed by atoms with Gasteiger partial charge in [0.25, 0.3) is 0 Å². The van der Waals surface area contributed by atoms with Gasteiger partial charge in [-0.25, -0.2) is 4.98 Å². The molecule has 4 nitrogen and oxygen atoms in total. The average molecular weight is 432 g/mol. The second-order valence-corrected chi connectivity index (χ2v) is 5.72. The maximum absolute atomic E-state index is 11.1. The van der Waals surface area contributed by atoms with E-state index in [1.54, 1.807) is 6.33 Å². The van der Waals surface area contributed by atoms with Gasteiger partial charge in [0.05, 0.1) is 12.2 Å². The lowest BCUT2D eigenvalue weighted by Gasteiger charge is -2.18. The Morgan fingerprint density at radius 2 is 2.27 bits per heavy atom. The number of carboxylic acid groups (broad SMARTS) is 1. The van der Waals surface area contributed by atoms with E-state index >= 15 is 0 Å². The number of nitrogens with zero attached hydrogens (tertiary/aromatic N) is 2. The quantitative estimate of drug-likeness (QED) is 0.732. The normalized spacial score (nSPS) is 25.7. The van der Waals surface area contributed by atoms with Gasteiger partial charge in [0.15, 0.2) is 0 Å². The summed E-state index contributed by atoms with van der Waals surface area (Å²) in [6, 6.07) is 0.0883. The second-order valence-electron chi connectivity index (χ2n) is 3.68. The first-order valence-electron chi connectivity index (χ1n) is 4.72. The van der Waals surface area contributed by atoms with Gasteiger partial charge in [0.1, 0.15) is 7.40 Å². The van der Waals surface area contributed by atoms with E-state index in [2.05, 4.69) is 50.2 Å². The fraction of sp³-hybridized carbons (Fsp3) is 0.556. The Morgan fingerprint density at radius 3 is 2.80 bits per heavy atom. The molecule has 2 atom stereocenters.